The standard InChI is InChI=1S/C21H17NO3/c23-19(16-10-9-14-5-1-2-6-15(14)13-16)11-12-22-20(24)17-7-3-4-8-18(17)21(22)25/h1-10,13,19,23H,11-12H2. The molecule has 0 saturated carbocycles. The lowest BCUT2D eigenvalue weighted by atomic mass is 10.0. The number of aliphatic hydroxyl groups excluding tert-OH is 1. The van der Waals surface area contributed by atoms with Crippen LogP contribution < -0.4 is 0 Å². The number of carbonyl (C=O) groups excluding carboxylic acids is 2. The van der Waals surface area contributed by atoms with Crippen LogP contribution in [0, 0.1) is 0 Å². The molecule has 0 aliphatic carbocycles. The summed E-state index contributed by atoms with van der Waals surface area (Å²) >= 11 is 0. The van der Waals surface area contributed by atoms with Crippen molar-refractivity contribution in [1.29, 1.82) is 0 Å². The summed E-state index contributed by atoms with van der Waals surface area (Å²) < 4.78 is 0. The highest BCUT2D eigenvalue weighted by molar-refractivity contribution is 6.21. The lowest BCUT2D eigenvalue weighted by Gasteiger charge is -2.17. The van der Waals surface area contributed by atoms with Gasteiger partial charge in [0.2, 0.25) is 0 Å². The van der Waals surface area contributed by atoms with Gasteiger partial charge in [-0.1, -0.05) is 48.5 Å². The molecule has 0 aromatic heterocycles. The lowest BCUT2D eigenvalue weighted by molar-refractivity contribution is 0.0622. The van der Waals surface area contributed by atoms with Gasteiger partial charge in [-0.15, -0.1) is 0 Å². The number of imide groups is 1. The Morgan fingerprint density at radius 2 is 1.40 bits per heavy atom. The number of hydrogen-bond acceptors (Lipinski definition) is 3. The number of rotatable bonds is 4. The maximum absolute atomic E-state index is 12.4. The molecule has 1 heterocycles. The van der Waals surface area contributed by atoms with Crippen molar-refractivity contribution in [3.63, 3.8) is 0 Å². The molecule has 25 heavy (non-hydrogen) atoms. The third-order valence-electron chi connectivity index (χ3n) is 4.66. The first kappa shape index (κ1) is 15.5. The molecule has 4 nitrogen and oxygen atoms in total. The molecule has 4 rings (SSSR count). The normalized spacial score (nSPS) is 14.8. The van der Waals surface area contributed by atoms with E-state index in [0.29, 0.717) is 17.5 Å². The Bertz CT molecular complexity index is 945. The fraction of sp³-hybridized carbons (Fsp3) is 0.143. The van der Waals surface area contributed by atoms with Crippen LogP contribution in [0.3, 0.4) is 0 Å². The minimum atomic E-state index is -0.728. The van der Waals surface area contributed by atoms with Gasteiger partial charge in [-0.25, -0.2) is 0 Å². The predicted molar refractivity (Wildman–Crippen MR) is 95.3 cm³/mol. The molecule has 4 heteroatoms. The molecule has 3 aromatic carbocycles. The Hall–Kier alpha value is -2.98. The van der Waals surface area contributed by atoms with Gasteiger partial charge in [0.15, 0.2) is 0 Å². The van der Waals surface area contributed by atoms with E-state index in [0.717, 1.165) is 16.3 Å². The molecule has 0 bridgehead atoms. The molecular weight excluding hydrogens is 314 g/mol. The van der Waals surface area contributed by atoms with E-state index in [1.54, 1.807) is 24.3 Å². The molecule has 1 aliphatic heterocycles. The van der Waals surface area contributed by atoms with Crippen LogP contribution >= 0.6 is 0 Å². The minimum absolute atomic E-state index is 0.195. The Balaban J connectivity index is 1.49. The summed E-state index contributed by atoms with van der Waals surface area (Å²) in [5.74, 6) is -0.572. The summed E-state index contributed by atoms with van der Waals surface area (Å²) in [4.78, 5) is 25.9. The van der Waals surface area contributed by atoms with E-state index >= 15 is 0 Å². The fourth-order valence-electron chi connectivity index (χ4n) is 3.28. The van der Waals surface area contributed by atoms with E-state index < -0.39 is 6.10 Å². The largest absolute Gasteiger partial charge is 0.388 e. The van der Waals surface area contributed by atoms with Crippen molar-refractivity contribution in [3.05, 3.63) is 83.4 Å². The van der Waals surface area contributed by atoms with Gasteiger partial charge in [0.05, 0.1) is 17.2 Å². The van der Waals surface area contributed by atoms with Crippen LogP contribution in [0.1, 0.15) is 38.8 Å². The van der Waals surface area contributed by atoms with Crippen LogP contribution in [0.5, 0.6) is 0 Å². The highest BCUT2D eigenvalue weighted by Crippen LogP contribution is 2.26. The minimum Gasteiger partial charge on any atom is -0.388 e. The first-order valence-electron chi connectivity index (χ1n) is 8.27. The summed E-state index contributed by atoms with van der Waals surface area (Å²) in [7, 11) is 0. The summed E-state index contributed by atoms with van der Waals surface area (Å²) in [6.45, 7) is 0.195. The van der Waals surface area contributed by atoms with Gasteiger partial charge in [0.1, 0.15) is 0 Å². The van der Waals surface area contributed by atoms with E-state index in [1.807, 2.05) is 42.5 Å². The molecule has 124 valence electrons. The van der Waals surface area contributed by atoms with E-state index in [9.17, 15) is 14.7 Å². The van der Waals surface area contributed by atoms with Crippen molar-refractivity contribution in [3.8, 4) is 0 Å². The second-order valence-corrected chi connectivity index (χ2v) is 6.22. The maximum atomic E-state index is 12.4. The Morgan fingerprint density at radius 1 is 0.800 bits per heavy atom. The van der Waals surface area contributed by atoms with Crippen molar-refractivity contribution >= 4 is 22.6 Å². The number of fused-ring (bicyclic) bond motifs is 2. The van der Waals surface area contributed by atoms with E-state index in [1.165, 1.54) is 4.90 Å². The number of hydrogen-bond donors (Lipinski definition) is 1. The van der Waals surface area contributed by atoms with Gasteiger partial charge in [0, 0.05) is 6.54 Å². The summed E-state index contributed by atoms with van der Waals surface area (Å²) in [6, 6.07) is 20.6. The molecule has 0 radical (unpaired) electrons. The van der Waals surface area contributed by atoms with E-state index in [-0.39, 0.29) is 18.4 Å². The van der Waals surface area contributed by atoms with Gasteiger partial charge in [0.25, 0.3) is 11.8 Å². The third kappa shape index (κ3) is 2.71. The summed E-state index contributed by atoms with van der Waals surface area (Å²) in [6.07, 6.45) is -0.419. The molecule has 1 N–H and O–H groups in total. The molecule has 0 spiro atoms. The van der Waals surface area contributed by atoms with Crippen LogP contribution in [0.25, 0.3) is 10.8 Å². The molecule has 3 aromatic rings. The van der Waals surface area contributed by atoms with Crippen LogP contribution in [0.15, 0.2) is 66.7 Å². The number of amides is 2. The zero-order valence-corrected chi connectivity index (χ0v) is 13.6. The highest BCUT2D eigenvalue weighted by Gasteiger charge is 2.34. The quantitative estimate of drug-likeness (QED) is 0.744. The van der Waals surface area contributed by atoms with Crippen LogP contribution in [0.2, 0.25) is 0 Å². The van der Waals surface area contributed by atoms with Crippen molar-refractivity contribution in [2.75, 3.05) is 6.54 Å². The van der Waals surface area contributed by atoms with Gasteiger partial charge < -0.3 is 5.11 Å². The number of benzene rings is 3. The molecule has 0 fully saturated rings. The highest BCUT2D eigenvalue weighted by atomic mass is 16.3. The van der Waals surface area contributed by atoms with Crippen molar-refractivity contribution in [1.82, 2.24) is 4.90 Å². The van der Waals surface area contributed by atoms with Crippen LogP contribution in [-0.4, -0.2) is 28.4 Å². The second kappa shape index (κ2) is 6.15. The van der Waals surface area contributed by atoms with Crippen molar-refractivity contribution in [2.24, 2.45) is 0 Å². The first-order chi connectivity index (χ1) is 12.1. The lowest BCUT2D eigenvalue weighted by Crippen LogP contribution is -2.31. The van der Waals surface area contributed by atoms with Gasteiger partial charge in [-0.2, -0.15) is 0 Å². The summed E-state index contributed by atoms with van der Waals surface area (Å²) in [5, 5.41) is 12.6. The number of nitrogens with zero attached hydrogens (tertiary/aromatic N) is 1. The maximum Gasteiger partial charge on any atom is 0.261 e. The molecule has 2 amide bonds. The molecule has 1 atom stereocenters. The average Bonchev–Trinajstić information content (AvgIpc) is 2.90. The molecule has 1 aliphatic rings. The Morgan fingerprint density at radius 3 is 2.08 bits per heavy atom. The van der Waals surface area contributed by atoms with Crippen LogP contribution in [0.4, 0.5) is 0 Å². The Labute approximate surface area is 145 Å². The third-order valence-corrected chi connectivity index (χ3v) is 4.66. The van der Waals surface area contributed by atoms with E-state index in [4.69, 9.17) is 0 Å². The predicted octanol–water partition coefficient (Wildman–Crippen LogP) is 3.56. The number of aliphatic hydroxyl groups is 1. The monoisotopic (exact) mass is 331 g/mol. The Kier molecular flexibility index (Phi) is 3.82. The van der Waals surface area contributed by atoms with Crippen LogP contribution in [-0.2, 0) is 0 Å². The first-order valence-corrected chi connectivity index (χ1v) is 8.27. The van der Waals surface area contributed by atoms with E-state index in [2.05, 4.69) is 0 Å². The zero-order chi connectivity index (χ0) is 17.4. The molecule has 0 saturated heterocycles. The van der Waals surface area contributed by atoms with Gasteiger partial charge in [-0.3, -0.25) is 14.5 Å². The smallest absolute Gasteiger partial charge is 0.261 e. The van der Waals surface area contributed by atoms with Crippen molar-refractivity contribution in [2.45, 2.75) is 12.5 Å². The molecular formula is C21H17NO3. The van der Waals surface area contributed by atoms with Gasteiger partial charge in [-0.05, 0) is 41.0 Å². The SMILES string of the molecule is O=C1c2ccccc2C(=O)N1CCC(O)c1ccc2ccccc2c1. The molecule has 1 unspecified atom stereocenters. The topological polar surface area (TPSA) is 57.6 Å². The second-order valence-electron chi connectivity index (χ2n) is 6.22. The number of carbonyl (C=O) groups is 2. The summed E-state index contributed by atoms with van der Waals surface area (Å²) in [5.41, 5.74) is 1.66. The zero-order valence-electron chi connectivity index (χ0n) is 13.6. The average molecular weight is 331 g/mol. The van der Waals surface area contributed by atoms with Gasteiger partial charge >= 0.3 is 0 Å². The van der Waals surface area contributed by atoms with Crippen molar-refractivity contribution < 1.29 is 14.7 Å². The fourth-order valence-corrected chi connectivity index (χ4v) is 3.28.